The van der Waals surface area contributed by atoms with Crippen molar-refractivity contribution in [1.82, 2.24) is 10.2 Å². The van der Waals surface area contributed by atoms with Gasteiger partial charge >= 0.3 is 6.01 Å². The second kappa shape index (κ2) is 7.31. The molecule has 1 heterocycles. The minimum Gasteiger partial charge on any atom is -0.407 e. The second-order valence-corrected chi connectivity index (χ2v) is 6.23. The van der Waals surface area contributed by atoms with Crippen LogP contribution in [0.4, 0.5) is 6.01 Å². The Morgan fingerprint density at radius 2 is 1.79 bits per heavy atom. The Morgan fingerprint density at radius 1 is 1.08 bits per heavy atom. The number of amides is 1. The van der Waals surface area contributed by atoms with Crippen molar-refractivity contribution in [3.8, 4) is 0 Å². The van der Waals surface area contributed by atoms with Crippen LogP contribution >= 0.6 is 11.8 Å². The summed E-state index contributed by atoms with van der Waals surface area (Å²) in [6.45, 7) is 1.97. The molecular formula is C18H17N3O2S. The number of benzene rings is 2. The van der Waals surface area contributed by atoms with Gasteiger partial charge in [-0.1, -0.05) is 34.9 Å². The number of hydrogen-bond acceptors (Lipinski definition) is 5. The van der Waals surface area contributed by atoms with E-state index in [4.69, 9.17) is 4.42 Å². The van der Waals surface area contributed by atoms with E-state index in [-0.39, 0.29) is 11.9 Å². The molecule has 0 atom stereocenters. The first-order valence-electron chi connectivity index (χ1n) is 7.47. The SMILES string of the molecule is CSc1ccc(Cc2nnc(NC(=O)c3ccc(C)cc3)o2)cc1. The minimum atomic E-state index is -0.269. The van der Waals surface area contributed by atoms with Crippen LogP contribution < -0.4 is 5.32 Å². The molecule has 122 valence electrons. The molecule has 3 aromatic rings. The first-order valence-corrected chi connectivity index (χ1v) is 8.70. The lowest BCUT2D eigenvalue weighted by Gasteiger charge is -2.01. The smallest absolute Gasteiger partial charge is 0.322 e. The van der Waals surface area contributed by atoms with E-state index < -0.39 is 0 Å². The molecule has 2 aromatic carbocycles. The Hall–Kier alpha value is -2.60. The van der Waals surface area contributed by atoms with Crippen LogP contribution in [0.5, 0.6) is 0 Å². The van der Waals surface area contributed by atoms with Gasteiger partial charge in [0.25, 0.3) is 5.91 Å². The molecule has 3 rings (SSSR count). The highest BCUT2D eigenvalue weighted by atomic mass is 32.2. The van der Waals surface area contributed by atoms with Crippen molar-refractivity contribution in [3.63, 3.8) is 0 Å². The summed E-state index contributed by atoms with van der Waals surface area (Å²) in [6.07, 6.45) is 2.57. The summed E-state index contributed by atoms with van der Waals surface area (Å²) in [6, 6.07) is 15.5. The van der Waals surface area contributed by atoms with Crippen LogP contribution in [0.25, 0.3) is 0 Å². The molecule has 0 spiro atoms. The summed E-state index contributed by atoms with van der Waals surface area (Å²) >= 11 is 1.69. The van der Waals surface area contributed by atoms with E-state index in [1.54, 1.807) is 23.9 Å². The topological polar surface area (TPSA) is 68.0 Å². The lowest BCUT2D eigenvalue weighted by Crippen LogP contribution is -2.11. The number of anilines is 1. The molecule has 0 radical (unpaired) electrons. The van der Waals surface area contributed by atoms with Crippen LogP contribution in [0.1, 0.15) is 27.4 Å². The maximum atomic E-state index is 12.1. The minimum absolute atomic E-state index is 0.108. The van der Waals surface area contributed by atoms with Gasteiger partial charge < -0.3 is 4.42 Å². The number of carbonyl (C=O) groups excluding carboxylic acids is 1. The molecule has 6 heteroatoms. The summed E-state index contributed by atoms with van der Waals surface area (Å²) in [5.41, 5.74) is 2.72. The molecule has 5 nitrogen and oxygen atoms in total. The third-order valence-corrected chi connectivity index (χ3v) is 4.26. The average Bonchev–Trinajstić information content (AvgIpc) is 3.03. The van der Waals surface area contributed by atoms with Gasteiger partial charge in [-0.25, -0.2) is 0 Å². The fourth-order valence-corrected chi connectivity index (χ4v) is 2.58. The monoisotopic (exact) mass is 339 g/mol. The first kappa shape index (κ1) is 16.3. The average molecular weight is 339 g/mol. The van der Waals surface area contributed by atoms with Crippen LogP contribution in [0.15, 0.2) is 57.8 Å². The van der Waals surface area contributed by atoms with Crippen molar-refractivity contribution in [2.45, 2.75) is 18.2 Å². The van der Waals surface area contributed by atoms with Gasteiger partial charge in [0, 0.05) is 10.5 Å². The molecule has 0 aliphatic heterocycles. The van der Waals surface area contributed by atoms with E-state index in [1.165, 1.54) is 4.90 Å². The van der Waals surface area contributed by atoms with Gasteiger partial charge in [0.1, 0.15) is 0 Å². The van der Waals surface area contributed by atoms with E-state index in [9.17, 15) is 4.79 Å². The number of thioether (sulfide) groups is 1. The Kier molecular flexibility index (Phi) is 4.96. The zero-order chi connectivity index (χ0) is 16.9. The second-order valence-electron chi connectivity index (χ2n) is 5.35. The molecule has 0 aliphatic carbocycles. The van der Waals surface area contributed by atoms with E-state index >= 15 is 0 Å². The van der Waals surface area contributed by atoms with Crippen molar-refractivity contribution < 1.29 is 9.21 Å². The van der Waals surface area contributed by atoms with Crippen LogP contribution in [0.2, 0.25) is 0 Å². The predicted octanol–water partition coefficient (Wildman–Crippen LogP) is 3.94. The Morgan fingerprint density at radius 3 is 2.46 bits per heavy atom. The maximum absolute atomic E-state index is 12.1. The highest BCUT2D eigenvalue weighted by Crippen LogP contribution is 2.17. The summed E-state index contributed by atoms with van der Waals surface area (Å²) in [5, 5.41) is 10.5. The van der Waals surface area contributed by atoms with E-state index in [0.29, 0.717) is 17.9 Å². The van der Waals surface area contributed by atoms with Crippen LogP contribution in [-0.4, -0.2) is 22.4 Å². The molecule has 0 bridgehead atoms. The number of carbonyl (C=O) groups is 1. The predicted molar refractivity (Wildman–Crippen MR) is 94.5 cm³/mol. The number of nitrogens with one attached hydrogen (secondary N) is 1. The molecule has 0 unspecified atom stereocenters. The number of aromatic nitrogens is 2. The third-order valence-electron chi connectivity index (χ3n) is 3.52. The Bertz CT molecular complexity index is 826. The fraction of sp³-hybridized carbons (Fsp3) is 0.167. The van der Waals surface area contributed by atoms with Gasteiger partial charge in [0.15, 0.2) is 0 Å². The van der Waals surface area contributed by atoms with Gasteiger partial charge in [0.2, 0.25) is 5.89 Å². The highest BCUT2D eigenvalue weighted by molar-refractivity contribution is 7.98. The molecule has 0 fully saturated rings. The molecule has 1 N–H and O–H groups in total. The highest BCUT2D eigenvalue weighted by Gasteiger charge is 2.12. The summed E-state index contributed by atoms with van der Waals surface area (Å²) in [5.74, 6) is 0.195. The number of rotatable bonds is 5. The third kappa shape index (κ3) is 4.02. The largest absolute Gasteiger partial charge is 0.407 e. The fourth-order valence-electron chi connectivity index (χ4n) is 2.17. The van der Waals surface area contributed by atoms with Gasteiger partial charge in [0.05, 0.1) is 6.42 Å². The summed E-state index contributed by atoms with van der Waals surface area (Å²) in [4.78, 5) is 13.3. The lowest BCUT2D eigenvalue weighted by atomic mass is 10.1. The zero-order valence-electron chi connectivity index (χ0n) is 13.4. The van der Waals surface area contributed by atoms with Crippen molar-refractivity contribution >= 4 is 23.7 Å². The quantitative estimate of drug-likeness (QED) is 0.713. The van der Waals surface area contributed by atoms with Gasteiger partial charge in [-0.05, 0) is 43.0 Å². The van der Waals surface area contributed by atoms with Crippen molar-refractivity contribution in [1.29, 1.82) is 0 Å². The molecule has 0 aliphatic rings. The van der Waals surface area contributed by atoms with Crippen LogP contribution in [-0.2, 0) is 6.42 Å². The van der Waals surface area contributed by atoms with E-state index in [2.05, 4.69) is 27.6 Å². The van der Waals surface area contributed by atoms with Crippen LogP contribution in [0.3, 0.4) is 0 Å². The number of nitrogens with zero attached hydrogens (tertiary/aromatic N) is 2. The molecule has 0 saturated carbocycles. The first-order chi connectivity index (χ1) is 11.6. The van der Waals surface area contributed by atoms with Gasteiger partial charge in [-0.2, -0.15) is 0 Å². The summed E-state index contributed by atoms with van der Waals surface area (Å²) < 4.78 is 5.50. The molecule has 1 amide bonds. The Labute approximate surface area is 144 Å². The Balaban J connectivity index is 1.64. The van der Waals surface area contributed by atoms with Crippen LogP contribution in [0, 0.1) is 6.92 Å². The molecule has 0 saturated heterocycles. The maximum Gasteiger partial charge on any atom is 0.322 e. The standard InChI is InChI=1S/C18H17N3O2S/c1-12-3-7-14(8-4-12)17(22)19-18-21-20-16(23-18)11-13-5-9-15(24-2)10-6-13/h3-10H,11H2,1-2H3,(H,19,21,22). The number of hydrogen-bond donors (Lipinski definition) is 1. The van der Waals surface area contributed by atoms with Crippen molar-refractivity contribution in [3.05, 3.63) is 71.1 Å². The number of aryl methyl sites for hydroxylation is 1. The van der Waals surface area contributed by atoms with Gasteiger partial charge in [-0.15, -0.1) is 16.9 Å². The molecule has 24 heavy (non-hydrogen) atoms. The normalized spacial score (nSPS) is 10.6. The molecular weight excluding hydrogens is 322 g/mol. The van der Waals surface area contributed by atoms with Crippen molar-refractivity contribution in [2.75, 3.05) is 11.6 Å². The zero-order valence-corrected chi connectivity index (χ0v) is 14.3. The lowest BCUT2D eigenvalue weighted by molar-refractivity contribution is 0.102. The van der Waals surface area contributed by atoms with E-state index in [0.717, 1.165) is 11.1 Å². The molecule has 1 aromatic heterocycles. The van der Waals surface area contributed by atoms with Gasteiger partial charge in [-0.3, -0.25) is 10.1 Å². The van der Waals surface area contributed by atoms with E-state index in [1.807, 2.05) is 37.4 Å². The summed E-state index contributed by atoms with van der Waals surface area (Å²) in [7, 11) is 0. The van der Waals surface area contributed by atoms with Crippen molar-refractivity contribution in [2.24, 2.45) is 0 Å².